The Kier molecular flexibility index (Phi) is 3.85. The van der Waals surface area contributed by atoms with E-state index in [9.17, 15) is 9.59 Å². The van der Waals surface area contributed by atoms with E-state index in [1.54, 1.807) is 38.3 Å². The molecule has 100 valence electrons. The van der Waals surface area contributed by atoms with Gasteiger partial charge in [-0.2, -0.15) is 0 Å². The lowest BCUT2D eigenvalue weighted by molar-refractivity contribution is -0.139. The Morgan fingerprint density at radius 3 is 2.58 bits per heavy atom. The average molecular weight is 262 g/mol. The van der Waals surface area contributed by atoms with E-state index < -0.39 is 5.97 Å². The number of methoxy groups -OCH3 is 1. The molecule has 0 unspecified atom stereocenters. The van der Waals surface area contributed by atoms with Gasteiger partial charge in [0.15, 0.2) is 6.61 Å². The lowest BCUT2D eigenvalue weighted by atomic mass is 10.1. The lowest BCUT2D eigenvalue weighted by Crippen LogP contribution is -2.14. The molecule has 0 atom stereocenters. The molecule has 1 aliphatic heterocycles. The van der Waals surface area contributed by atoms with Crippen LogP contribution in [0.4, 0.5) is 0 Å². The fourth-order valence-corrected chi connectivity index (χ4v) is 1.79. The van der Waals surface area contributed by atoms with E-state index in [1.165, 1.54) is 0 Å². The average Bonchev–Trinajstić information content (AvgIpc) is 2.81. The molecule has 0 saturated carbocycles. The summed E-state index contributed by atoms with van der Waals surface area (Å²) in [6.45, 7) is 1.77. The minimum absolute atomic E-state index is 0.0213. The second kappa shape index (κ2) is 5.56. The maximum Gasteiger partial charge on any atom is 0.345 e. The summed E-state index contributed by atoms with van der Waals surface area (Å²) in [7, 11) is 1.56. The highest BCUT2D eigenvalue weighted by Gasteiger charge is 2.32. The van der Waals surface area contributed by atoms with E-state index in [0.29, 0.717) is 11.3 Å². The van der Waals surface area contributed by atoms with Crippen LogP contribution in [-0.4, -0.2) is 32.1 Å². The first-order valence-corrected chi connectivity index (χ1v) is 5.89. The van der Waals surface area contributed by atoms with Crippen LogP contribution in [0.2, 0.25) is 0 Å². The number of carbonyl (C=O) groups is 2. The van der Waals surface area contributed by atoms with Gasteiger partial charge in [0.25, 0.3) is 0 Å². The van der Waals surface area contributed by atoms with Crippen molar-refractivity contribution in [3.63, 3.8) is 0 Å². The third-order valence-corrected chi connectivity index (χ3v) is 2.69. The van der Waals surface area contributed by atoms with Gasteiger partial charge in [0, 0.05) is 5.56 Å². The Balaban J connectivity index is 2.38. The molecule has 0 N–H and O–H groups in total. The van der Waals surface area contributed by atoms with E-state index in [4.69, 9.17) is 14.2 Å². The second-order valence-corrected chi connectivity index (χ2v) is 3.86. The van der Waals surface area contributed by atoms with Crippen LogP contribution in [0.15, 0.2) is 29.8 Å². The molecular formula is C14H14O5. The normalized spacial score (nSPS) is 14.3. The third-order valence-electron chi connectivity index (χ3n) is 2.69. The number of ketones is 1. The molecule has 19 heavy (non-hydrogen) atoms. The quantitative estimate of drug-likeness (QED) is 0.609. The maximum atomic E-state index is 11.8. The van der Waals surface area contributed by atoms with Crippen molar-refractivity contribution < 1.29 is 23.8 Å². The molecule has 1 aromatic carbocycles. The maximum absolute atomic E-state index is 11.8. The zero-order valence-electron chi connectivity index (χ0n) is 10.8. The predicted octanol–water partition coefficient (Wildman–Crippen LogP) is 1.57. The zero-order valence-corrected chi connectivity index (χ0v) is 10.8. The lowest BCUT2D eigenvalue weighted by Gasteiger charge is -2.06. The summed E-state index contributed by atoms with van der Waals surface area (Å²) in [5.74, 6) is -0.0439. The highest BCUT2D eigenvalue weighted by Crippen LogP contribution is 2.28. The smallest absolute Gasteiger partial charge is 0.345 e. The monoisotopic (exact) mass is 262 g/mol. The number of carbonyl (C=O) groups excluding carboxylic acids is 2. The largest absolute Gasteiger partial charge is 0.497 e. The van der Waals surface area contributed by atoms with Gasteiger partial charge < -0.3 is 14.2 Å². The highest BCUT2D eigenvalue weighted by molar-refractivity contribution is 6.24. The van der Waals surface area contributed by atoms with Gasteiger partial charge in [0.2, 0.25) is 5.78 Å². The van der Waals surface area contributed by atoms with Crippen LogP contribution >= 0.6 is 0 Å². The zero-order chi connectivity index (χ0) is 13.8. The Hall–Kier alpha value is -2.30. The van der Waals surface area contributed by atoms with Gasteiger partial charge in [-0.25, -0.2) is 4.79 Å². The van der Waals surface area contributed by atoms with Gasteiger partial charge in [0.1, 0.15) is 17.1 Å². The molecule has 5 nitrogen and oxygen atoms in total. The molecule has 1 heterocycles. The van der Waals surface area contributed by atoms with Gasteiger partial charge in [-0.3, -0.25) is 4.79 Å². The minimum atomic E-state index is -0.643. The molecule has 0 radical (unpaired) electrons. The first kappa shape index (κ1) is 13.1. The fraction of sp³-hybridized carbons (Fsp3) is 0.286. The Bertz CT molecular complexity index is 527. The number of hydrogen-bond acceptors (Lipinski definition) is 5. The van der Waals surface area contributed by atoms with Crippen LogP contribution in [0.1, 0.15) is 12.5 Å². The summed E-state index contributed by atoms with van der Waals surface area (Å²) >= 11 is 0. The molecule has 0 fully saturated rings. The molecule has 0 aliphatic carbocycles. The standard InChI is InChI=1S/C14H14O5/c1-3-18-14(16)12-11(15)8-19-13(12)9-4-6-10(17-2)7-5-9/h4-7H,3,8H2,1-2H3. The van der Waals surface area contributed by atoms with Crippen molar-refractivity contribution in [1.29, 1.82) is 0 Å². The Morgan fingerprint density at radius 1 is 1.32 bits per heavy atom. The molecule has 1 aliphatic rings. The number of ether oxygens (including phenoxy) is 3. The van der Waals surface area contributed by atoms with Gasteiger partial charge >= 0.3 is 5.97 Å². The van der Waals surface area contributed by atoms with E-state index >= 15 is 0 Å². The van der Waals surface area contributed by atoms with Crippen LogP contribution in [0.5, 0.6) is 5.75 Å². The molecule has 0 aromatic heterocycles. The topological polar surface area (TPSA) is 61.8 Å². The van der Waals surface area contributed by atoms with Gasteiger partial charge in [-0.1, -0.05) is 0 Å². The van der Waals surface area contributed by atoms with Crippen molar-refractivity contribution in [1.82, 2.24) is 0 Å². The number of hydrogen-bond donors (Lipinski definition) is 0. The molecule has 1 aromatic rings. The predicted molar refractivity (Wildman–Crippen MR) is 67.5 cm³/mol. The second-order valence-electron chi connectivity index (χ2n) is 3.86. The highest BCUT2D eigenvalue weighted by atomic mass is 16.5. The fourth-order valence-electron chi connectivity index (χ4n) is 1.79. The van der Waals surface area contributed by atoms with Crippen molar-refractivity contribution in [3.05, 3.63) is 35.4 Å². The Labute approximate surface area is 110 Å². The SMILES string of the molecule is CCOC(=O)C1=C(c2ccc(OC)cc2)OCC1=O. The molecule has 0 bridgehead atoms. The summed E-state index contributed by atoms with van der Waals surface area (Å²) in [6, 6.07) is 6.92. The van der Waals surface area contributed by atoms with Crippen molar-refractivity contribution in [3.8, 4) is 5.75 Å². The molecular weight excluding hydrogens is 248 g/mol. The molecule has 0 saturated heterocycles. The van der Waals surface area contributed by atoms with E-state index in [2.05, 4.69) is 0 Å². The third kappa shape index (κ3) is 2.59. The summed E-state index contributed by atoms with van der Waals surface area (Å²) in [5.41, 5.74) is 0.627. The van der Waals surface area contributed by atoms with Crippen LogP contribution in [0.3, 0.4) is 0 Å². The van der Waals surface area contributed by atoms with E-state index in [-0.39, 0.29) is 30.3 Å². The molecule has 5 heteroatoms. The van der Waals surface area contributed by atoms with Crippen LogP contribution in [-0.2, 0) is 19.1 Å². The van der Waals surface area contributed by atoms with Crippen molar-refractivity contribution in [2.75, 3.05) is 20.3 Å². The van der Waals surface area contributed by atoms with Gasteiger partial charge in [-0.15, -0.1) is 0 Å². The summed E-state index contributed by atoms with van der Waals surface area (Å²) in [5, 5.41) is 0. The first-order valence-electron chi connectivity index (χ1n) is 5.89. The van der Waals surface area contributed by atoms with Crippen LogP contribution in [0, 0.1) is 0 Å². The van der Waals surface area contributed by atoms with Crippen molar-refractivity contribution >= 4 is 17.5 Å². The number of rotatable bonds is 4. The minimum Gasteiger partial charge on any atom is -0.497 e. The molecule has 2 rings (SSSR count). The van der Waals surface area contributed by atoms with Crippen LogP contribution < -0.4 is 4.74 Å². The number of Topliss-reactive ketones (excluding diaryl/α,β-unsaturated/α-hetero) is 1. The first-order chi connectivity index (χ1) is 9.17. The number of benzene rings is 1. The van der Waals surface area contributed by atoms with Crippen molar-refractivity contribution in [2.45, 2.75) is 6.92 Å². The molecule has 0 spiro atoms. The van der Waals surface area contributed by atoms with Gasteiger partial charge in [-0.05, 0) is 31.2 Å². The van der Waals surface area contributed by atoms with E-state index in [0.717, 1.165) is 0 Å². The molecule has 0 amide bonds. The van der Waals surface area contributed by atoms with Crippen molar-refractivity contribution in [2.24, 2.45) is 0 Å². The summed E-state index contributed by atoms with van der Waals surface area (Å²) in [6.07, 6.45) is 0. The van der Waals surface area contributed by atoms with Gasteiger partial charge in [0.05, 0.1) is 13.7 Å². The van der Waals surface area contributed by atoms with E-state index in [1.807, 2.05) is 0 Å². The number of esters is 1. The summed E-state index contributed by atoms with van der Waals surface area (Å²) < 4.78 is 15.2. The Morgan fingerprint density at radius 2 is 2.00 bits per heavy atom. The summed E-state index contributed by atoms with van der Waals surface area (Å²) in [4.78, 5) is 23.4. The van der Waals surface area contributed by atoms with Crippen LogP contribution in [0.25, 0.3) is 5.76 Å².